The van der Waals surface area contributed by atoms with Crippen LogP contribution in [0.1, 0.15) is 411 Å². The summed E-state index contributed by atoms with van der Waals surface area (Å²) in [7, 11) is 12.6. The van der Waals surface area contributed by atoms with Gasteiger partial charge in [-0.15, -0.1) is 10.2 Å². The zero-order chi connectivity index (χ0) is 111. The fourth-order valence-electron chi connectivity index (χ4n) is 25.0. The molecule has 6 fully saturated rings. The van der Waals surface area contributed by atoms with Crippen LogP contribution in [-0.2, 0) is 164 Å². The smallest absolute Gasteiger partial charge is 0.147 e. The Labute approximate surface area is 896 Å². The van der Waals surface area contributed by atoms with Gasteiger partial charge in [0.05, 0.1) is 60.0 Å². The number of rotatable bonds is 18. The van der Waals surface area contributed by atoms with E-state index in [0.717, 1.165) is 188 Å². The molecule has 0 amide bonds. The Morgan fingerprint density at radius 2 is 0.524 bits per heavy atom. The van der Waals surface area contributed by atoms with E-state index in [1.165, 1.54) is 121 Å². The maximum atomic E-state index is 12.5. The minimum absolute atomic E-state index is 0.0681. The highest BCUT2D eigenvalue weighted by molar-refractivity contribution is 5.43. The number of aromatic nitrogens is 15. The predicted octanol–water partition coefficient (Wildman–Crippen LogP) is 19.6. The highest BCUT2D eigenvalue weighted by atomic mass is 19.1. The Hall–Kier alpha value is -6.15. The Bertz CT molecular complexity index is 5180. The molecule has 14 rings (SSSR count). The van der Waals surface area contributed by atoms with Gasteiger partial charge in [-0.25, -0.2) is 4.39 Å². The minimum atomic E-state index is -0.247. The van der Waals surface area contributed by atoms with Crippen LogP contribution in [0.5, 0.6) is 0 Å². The molecule has 838 valence electrons. The van der Waals surface area contributed by atoms with Gasteiger partial charge < -0.3 is 14.2 Å². The second-order valence-corrected chi connectivity index (χ2v) is 57.6. The van der Waals surface area contributed by atoms with Crippen molar-refractivity contribution in [3.63, 3.8) is 0 Å². The normalized spacial score (nSPS) is 19.6. The molecule has 14 heterocycles. The summed E-state index contributed by atoms with van der Waals surface area (Å²) in [5, 5.41) is 38.2. The van der Waals surface area contributed by atoms with Gasteiger partial charge in [-0.1, -0.05) is 256 Å². The first-order chi connectivity index (χ1) is 67.3. The van der Waals surface area contributed by atoms with Crippen molar-refractivity contribution in [3.05, 3.63) is 113 Å². The van der Waals surface area contributed by atoms with E-state index in [1.54, 1.807) is 0 Å². The van der Waals surface area contributed by atoms with E-state index in [2.05, 4.69) is 437 Å². The number of ether oxygens (including phenoxy) is 1. The van der Waals surface area contributed by atoms with E-state index in [4.69, 9.17) is 35.3 Å². The zero-order valence-electron chi connectivity index (χ0n) is 104. The van der Waals surface area contributed by atoms with Crippen molar-refractivity contribution in [1.29, 1.82) is 0 Å². The monoisotopic (exact) mass is 2050 g/mol. The molecule has 0 aliphatic carbocycles. The van der Waals surface area contributed by atoms with E-state index in [9.17, 15) is 4.39 Å². The molecular weight excluding hydrogens is 1830 g/mol. The van der Waals surface area contributed by atoms with Crippen molar-refractivity contribution in [2.75, 3.05) is 157 Å². The molecule has 147 heavy (non-hydrogen) atoms. The third-order valence-electron chi connectivity index (χ3n) is 30.9. The van der Waals surface area contributed by atoms with Crippen LogP contribution in [0.4, 0.5) is 4.39 Å². The molecule has 7 aromatic heterocycles. The topological polar surface area (TPSA) is 183 Å². The lowest BCUT2D eigenvalue weighted by Crippen LogP contribution is -2.56. The molecule has 6 saturated heterocycles. The molecule has 0 spiro atoms. The van der Waals surface area contributed by atoms with Gasteiger partial charge in [0.2, 0.25) is 0 Å². The number of halogens is 1. The van der Waals surface area contributed by atoms with E-state index >= 15 is 0 Å². The third kappa shape index (κ3) is 32.3. The summed E-state index contributed by atoms with van der Waals surface area (Å²) in [6, 6.07) is 3.14. The Morgan fingerprint density at radius 3 is 0.748 bits per heavy atom. The largest absolute Gasteiger partial charge is 0.378 e. The number of hydrogen-bond acceptors (Lipinski definition) is 20. The van der Waals surface area contributed by atoms with Gasteiger partial charge in [-0.05, 0) is 87.5 Å². The number of likely N-dealkylation sites (N-methyl/N-ethyl adjacent to an activating group) is 1. The van der Waals surface area contributed by atoms with Gasteiger partial charge >= 0.3 is 0 Å². The van der Waals surface area contributed by atoms with Crippen LogP contribution in [0.3, 0.4) is 0 Å². The molecule has 0 unspecified atom stereocenters. The number of nitrogens with zero attached hydrogens (tertiary/aromatic N) is 26. The maximum absolute atomic E-state index is 12.5. The molecular formula is C119H219FN26O. The summed E-state index contributed by atoms with van der Waals surface area (Å²) in [4.78, 5) is 27.8. The van der Waals surface area contributed by atoms with E-state index < -0.39 is 0 Å². The maximum Gasteiger partial charge on any atom is 0.147 e. The van der Waals surface area contributed by atoms with E-state index in [1.807, 2.05) is 6.92 Å². The van der Waals surface area contributed by atoms with Crippen LogP contribution in [0.25, 0.3) is 0 Å². The fraction of sp³-hybridized carbons (Fsp3) is 0.832. The summed E-state index contributed by atoms with van der Waals surface area (Å²) in [5.41, 5.74) is 25.4. The average molecular weight is 2050 g/mol. The third-order valence-corrected chi connectivity index (χ3v) is 30.9. The lowest BCUT2D eigenvalue weighted by molar-refractivity contribution is -0.0774. The van der Waals surface area contributed by atoms with Crippen molar-refractivity contribution in [2.24, 2.45) is 42.3 Å². The Kier molecular flexibility index (Phi) is 41.0. The number of alkyl halides is 1. The number of fused-ring (bicyclic) bond motifs is 1. The molecule has 0 N–H and O–H groups in total. The van der Waals surface area contributed by atoms with Crippen molar-refractivity contribution in [2.45, 2.75) is 452 Å². The second kappa shape index (κ2) is 48.5. The van der Waals surface area contributed by atoms with E-state index in [-0.39, 0.29) is 71.7 Å². The molecule has 0 radical (unpaired) electrons. The first kappa shape index (κ1) is 124. The van der Waals surface area contributed by atoms with Gasteiger partial charge in [-0.3, -0.25) is 77.1 Å². The molecule has 2 atom stereocenters. The number of hydrogen-bond donors (Lipinski definition) is 0. The molecule has 28 heteroatoms. The molecule has 7 aliphatic heterocycles. The summed E-state index contributed by atoms with van der Waals surface area (Å²) >= 11 is 0. The van der Waals surface area contributed by atoms with Gasteiger partial charge in [0.25, 0.3) is 0 Å². The summed E-state index contributed by atoms with van der Waals surface area (Å²) in [6.45, 7) is 133. The Morgan fingerprint density at radius 1 is 0.293 bits per heavy atom. The molecule has 7 aliphatic rings. The van der Waals surface area contributed by atoms with Crippen LogP contribution in [0, 0.1) is 6.92 Å². The lowest BCUT2D eigenvalue weighted by atomic mass is 9.78. The Balaban J connectivity index is 0.000000196. The molecule has 7 aromatic rings. The highest BCUT2D eigenvalue weighted by Crippen LogP contribution is 2.45. The molecule has 27 nitrogen and oxygen atoms in total. The van der Waals surface area contributed by atoms with E-state index in [0.29, 0.717) is 36.8 Å². The number of piperazine rings is 5. The molecule has 0 saturated carbocycles. The second-order valence-electron chi connectivity index (χ2n) is 57.6. The van der Waals surface area contributed by atoms with Crippen molar-refractivity contribution in [3.8, 4) is 0 Å². The van der Waals surface area contributed by atoms with Crippen LogP contribution >= 0.6 is 0 Å². The van der Waals surface area contributed by atoms with Crippen LogP contribution in [-0.4, -0.2) is 315 Å². The first-order valence-electron chi connectivity index (χ1n) is 56.7. The van der Waals surface area contributed by atoms with Gasteiger partial charge in [-0.2, -0.15) is 30.6 Å². The zero-order valence-corrected chi connectivity index (χ0v) is 104. The minimum Gasteiger partial charge on any atom is -0.378 e. The molecule has 0 bridgehead atoms. The number of aryl methyl sites for hydroxylation is 7. The first-order valence-corrected chi connectivity index (χ1v) is 56.7. The van der Waals surface area contributed by atoms with Crippen LogP contribution < -0.4 is 0 Å². The summed E-state index contributed by atoms with van der Waals surface area (Å²) < 4.78 is 32.7. The van der Waals surface area contributed by atoms with Crippen LogP contribution in [0.2, 0.25) is 0 Å². The lowest BCUT2D eigenvalue weighted by Gasteiger charge is -2.42. The van der Waals surface area contributed by atoms with Crippen molar-refractivity contribution < 1.29 is 9.13 Å². The predicted molar refractivity (Wildman–Crippen MR) is 612 cm³/mol. The van der Waals surface area contributed by atoms with Gasteiger partial charge in [0.15, 0.2) is 0 Å². The molecule has 0 aromatic carbocycles. The average Bonchev–Trinajstić information content (AvgIpc) is 1.65. The van der Waals surface area contributed by atoms with Gasteiger partial charge in [0.1, 0.15) is 18.3 Å². The summed E-state index contributed by atoms with van der Waals surface area (Å²) in [6.07, 6.45) is 0. The SMILES string of the molecule is CC(C)N1CCN(Cc2nn(C)c(C(C)(C)C)c2C(C)(C)C)C[C@@H]1C.CC(C)N1CCN(Cc2nn(C)c(C(C)(C)C)c2C(C)(C)C)C[C@H]1C.CCN1CCN(Cc2nn(C)c(C(C)(C)C)c2C(C)(C)C)CC1.Cc1nnc2n1CCN(Cc1nn(C)c(C(C)(C)C)c1C(C)(C)C)C2.Cn1nc(CN2CCN(C3COC3)CC2)c(C(C)(C)C)c1C(C)(C)C.Cn1nc(CN2CCN(CCF)CC2)c(C(C)(C)C)c1C(C)(C)C. The van der Waals surface area contributed by atoms with Crippen molar-refractivity contribution in [1.82, 2.24) is 127 Å². The van der Waals surface area contributed by atoms with Crippen LogP contribution in [0.15, 0.2) is 0 Å². The van der Waals surface area contributed by atoms with Gasteiger partial charge in [0, 0.05) is 343 Å². The standard InChI is InChI=1S/2C21H40N4.C20H36N4O.C19H35FN4.C19H32N6.C19H36N4/c2*1-15(2)25-12-11-24(13-16(25)3)14-17-18(20(4,5)6)19(21(7,8)9)23(10)22-17;1-19(2,3)17-16(21-22(7)18(17)20(4,5)6)12-23-8-10-24(11-9-23)15-13-25-14-15;1-18(2,3)16-15(21-22(7)17(16)19(4,5)6)14-24-12-10-23(9-8-20)11-13-24;1-13-20-21-15-12-24(9-10-25(13)15)11-14-16(18(2,3)4)17(19(5,6)7)23(8)22-14;1-9-22-10-12-23(13-11-22)14-15-16(18(2,3)4)17(19(5,6)7)21(8)20-15/h2*15-16H,11-14H2,1-10H3;15H,8-14H2,1-7H3;8-14H2,1-7H3;9-12H2,1-8H3;9-14H2,1-8H3/t2*16-;;;;/m10..../s1. The highest BCUT2D eigenvalue weighted by Gasteiger charge is 2.43. The summed E-state index contributed by atoms with van der Waals surface area (Å²) in [5.74, 6) is 2.07. The quantitative estimate of drug-likeness (QED) is 0.0790. The van der Waals surface area contributed by atoms with Crippen molar-refractivity contribution >= 4 is 0 Å². The fourth-order valence-corrected chi connectivity index (χ4v) is 25.0.